The molecule has 1 aliphatic heterocycles. The summed E-state index contributed by atoms with van der Waals surface area (Å²) in [6, 6.07) is 5.35. The van der Waals surface area contributed by atoms with Crippen LogP contribution in [0.4, 0.5) is 0 Å². The van der Waals surface area contributed by atoms with Crippen LogP contribution in [0.2, 0.25) is 10.0 Å². The van der Waals surface area contributed by atoms with Crippen LogP contribution in [0.15, 0.2) is 18.2 Å². The summed E-state index contributed by atoms with van der Waals surface area (Å²) in [6.07, 6.45) is 4.07. The lowest BCUT2D eigenvalue weighted by Crippen LogP contribution is -3.13. The SMILES string of the molecule is Clc1ccc(OCC[NH+]2CCCCC2)c(Cl)c1. The normalized spacial score (nSPS) is 17.1. The van der Waals surface area contributed by atoms with E-state index in [2.05, 4.69) is 0 Å². The minimum Gasteiger partial charge on any atom is -0.486 e. The van der Waals surface area contributed by atoms with Crippen LogP contribution in [0, 0.1) is 0 Å². The van der Waals surface area contributed by atoms with Crippen LogP contribution in [0.5, 0.6) is 5.75 Å². The van der Waals surface area contributed by atoms with E-state index < -0.39 is 0 Å². The smallest absolute Gasteiger partial charge is 0.138 e. The van der Waals surface area contributed by atoms with Gasteiger partial charge in [0.05, 0.1) is 18.1 Å². The van der Waals surface area contributed by atoms with E-state index >= 15 is 0 Å². The van der Waals surface area contributed by atoms with Crippen molar-refractivity contribution in [1.82, 2.24) is 0 Å². The molecule has 0 unspecified atom stereocenters. The number of halogens is 2. The van der Waals surface area contributed by atoms with Crippen molar-refractivity contribution in [3.05, 3.63) is 28.2 Å². The molecule has 0 aliphatic carbocycles. The molecule has 1 heterocycles. The fourth-order valence-corrected chi connectivity index (χ4v) is 2.66. The zero-order chi connectivity index (χ0) is 12.1. The molecule has 1 saturated heterocycles. The van der Waals surface area contributed by atoms with Gasteiger partial charge in [-0.15, -0.1) is 0 Å². The Labute approximate surface area is 112 Å². The molecule has 2 nitrogen and oxygen atoms in total. The van der Waals surface area contributed by atoms with Crippen molar-refractivity contribution in [3.63, 3.8) is 0 Å². The number of nitrogens with one attached hydrogen (secondary N) is 1. The molecule has 0 spiro atoms. The van der Waals surface area contributed by atoms with Gasteiger partial charge < -0.3 is 9.64 Å². The monoisotopic (exact) mass is 274 g/mol. The first kappa shape index (κ1) is 13.0. The van der Waals surface area contributed by atoms with E-state index in [1.54, 1.807) is 17.0 Å². The molecule has 4 heteroatoms. The minimum atomic E-state index is 0.589. The van der Waals surface area contributed by atoms with Crippen molar-refractivity contribution in [2.45, 2.75) is 19.3 Å². The van der Waals surface area contributed by atoms with Crippen molar-refractivity contribution in [2.75, 3.05) is 26.2 Å². The number of ether oxygens (including phenoxy) is 1. The maximum absolute atomic E-state index is 6.03. The zero-order valence-corrected chi connectivity index (χ0v) is 11.4. The fraction of sp³-hybridized carbons (Fsp3) is 0.538. The van der Waals surface area contributed by atoms with Crippen LogP contribution in [-0.2, 0) is 0 Å². The Kier molecular flexibility index (Phi) is 4.96. The second-order valence-electron chi connectivity index (χ2n) is 4.48. The second-order valence-corrected chi connectivity index (χ2v) is 5.33. The Balaban J connectivity index is 1.77. The predicted octanol–water partition coefficient (Wildman–Crippen LogP) is 2.44. The number of hydrogen-bond donors (Lipinski definition) is 1. The van der Waals surface area contributed by atoms with E-state index in [1.165, 1.54) is 32.4 Å². The summed E-state index contributed by atoms with van der Waals surface area (Å²) in [4.78, 5) is 1.64. The van der Waals surface area contributed by atoms with Gasteiger partial charge in [0.25, 0.3) is 0 Å². The molecule has 0 atom stereocenters. The van der Waals surface area contributed by atoms with E-state index in [9.17, 15) is 0 Å². The first-order chi connectivity index (χ1) is 8.25. The third-order valence-electron chi connectivity index (χ3n) is 3.17. The molecule has 0 radical (unpaired) electrons. The second kappa shape index (κ2) is 6.48. The Morgan fingerprint density at radius 1 is 1.12 bits per heavy atom. The average molecular weight is 275 g/mol. The standard InChI is InChI=1S/C13H17Cl2NO/c14-11-4-5-13(12(15)10-11)17-9-8-16-6-2-1-3-7-16/h4-5,10H,1-3,6-9H2/p+1. The molecule has 1 fully saturated rings. The van der Waals surface area contributed by atoms with Crippen LogP contribution in [0.1, 0.15) is 19.3 Å². The molecule has 0 saturated carbocycles. The highest BCUT2D eigenvalue weighted by Crippen LogP contribution is 2.27. The Hall–Kier alpha value is -0.440. The van der Waals surface area contributed by atoms with Crippen molar-refractivity contribution in [1.29, 1.82) is 0 Å². The summed E-state index contributed by atoms with van der Waals surface area (Å²) in [7, 11) is 0. The Bertz CT molecular complexity index is 364. The van der Waals surface area contributed by atoms with Gasteiger partial charge in [-0.25, -0.2) is 0 Å². The third-order valence-corrected chi connectivity index (χ3v) is 3.70. The van der Waals surface area contributed by atoms with Gasteiger partial charge in [-0.2, -0.15) is 0 Å². The van der Waals surface area contributed by atoms with E-state index in [0.717, 1.165) is 18.9 Å². The van der Waals surface area contributed by atoms with Gasteiger partial charge >= 0.3 is 0 Å². The molecule has 94 valence electrons. The number of hydrogen-bond acceptors (Lipinski definition) is 1. The third kappa shape index (κ3) is 4.06. The molecule has 1 aromatic carbocycles. The van der Waals surface area contributed by atoms with E-state index in [1.807, 2.05) is 6.07 Å². The van der Waals surface area contributed by atoms with Gasteiger partial charge in [0.1, 0.15) is 18.9 Å². The highest BCUT2D eigenvalue weighted by Gasteiger charge is 2.13. The highest BCUT2D eigenvalue weighted by atomic mass is 35.5. The molecule has 1 N–H and O–H groups in total. The first-order valence-electron chi connectivity index (χ1n) is 6.17. The lowest BCUT2D eigenvalue weighted by Gasteiger charge is -2.23. The van der Waals surface area contributed by atoms with Crippen molar-refractivity contribution in [3.8, 4) is 5.75 Å². The molecule has 1 aliphatic rings. The van der Waals surface area contributed by atoms with Gasteiger partial charge in [-0.3, -0.25) is 0 Å². The minimum absolute atomic E-state index is 0.589. The van der Waals surface area contributed by atoms with E-state index in [4.69, 9.17) is 27.9 Å². The average Bonchev–Trinajstić information content (AvgIpc) is 2.33. The van der Waals surface area contributed by atoms with Crippen LogP contribution in [0.3, 0.4) is 0 Å². The predicted molar refractivity (Wildman–Crippen MR) is 71.4 cm³/mol. The van der Waals surface area contributed by atoms with Gasteiger partial charge in [0.15, 0.2) is 0 Å². The summed E-state index contributed by atoms with van der Waals surface area (Å²) in [6.45, 7) is 4.32. The number of likely N-dealkylation sites (tertiary alicyclic amines) is 1. The van der Waals surface area contributed by atoms with Gasteiger partial charge in [0.2, 0.25) is 0 Å². The number of benzene rings is 1. The van der Waals surface area contributed by atoms with Crippen LogP contribution >= 0.6 is 23.2 Å². The number of quaternary nitrogens is 1. The van der Waals surface area contributed by atoms with Crippen molar-refractivity contribution >= 4 is 23.2 Å². The zero-order valence-electron chi connectivity index (χ0n) is 9.85. The summed E-state index contributed by atoms with van der Waals surface area (Å²) < 4.78 is 5.68. The Morgan fingerprint density at radius 2 is 1.88 bits per heavy atom. The van der Waals surface area contributed by atoms with Gasteiger partial charge in [-0.05, 0) is 37.5 Å². The van der Waals surface area contributed by atoms with Gasteiger partial charge in [0, 0.05) is 5.02 Å². The van der Waals surface area contributed by atoms with Crippen LogP contribution in [0.25, 0.3) is 0 Å². The molecule has 2 rings (SSSR count). The van der Waals surface area contributed by atoms with E-state index in [-0.39, 0.29) is 0 Å². The maximum atomic E-state index is 6.03. The molecule has 0 amide bonds. The van der Waals surface area contributed by atoms with Crippen LogP contribution < -0.4 is 9.64 Å². The van der Waals surface area contributed by atoms with Crippen LogP contribution in [-0.4, -0.2) is 26.2 Å². The molecule has 0 bridgehead atoms. The van der Waals surface area contributed by atoms with Crippen molar-refractivity contribution in [2.24, 2.45) is 0 Å². The lowest BCUT2D eigenvalue weighted by atomic mass is 10.1. The molecule has 0 aromatic heterocycles. The summed E-state index contributed by atoms with van der Waals surface area (Å²) in [5.74, 6) is 0.729. The van der Waals surface area contributed by atoms with E-state index in [0.29, 0.717) is 10.0 Å². The molecular formula is C13H18Cl2NO+. The molecule has 1 aromatic rings. The lowest BCUT2D eigenvalue weighted by molar-refractivity contribution is -0.904. The molecular weight excluding hydrogens is 257 g/mol. The summed E-state index contributed by atoms with van der Waals surface area (Å²) in [5.41, 5.74) is 0. The maximum Gasteiger partial charge on any atom is 0.138 e. The topological polar surface area (TPSA) is 13.7 Å². The largest absolute Gasteiger partial charge is 0.486 e. The number of rotatable bonds is 4. The van der Waals surface area contributed by atoms with Crippen molar-refractivity contribution < 1.29 is 9.64 Å². The highest BCUT2D eigenvalue weighted by molar-refractivity contribution is 6.35. The van der Waals surface area contributed by atoms with Gasteiger partial charge in [-0.1, -0.05) is 23.2 Å². The summed E-state index contributed by atoms with van der Waals surface area (Å²) >= 11 is 11.9. The number of piperidine rings is 1. The first-order valence-corrected chi connectivity index (χ1v) is 6.93. The fourth-order valence-electron chi connectivity index (χ4n) is 2.20. The Morgan fingerprint density at radius 3 is 2.59 bits per heavy atom. The molecule has 17 heavy (non-hydrogen) atoms. The quantitative estimate of drug-likeness (QED) is 0.891. The summed E-state index contributed by atoms with van der Waals surface area (Å²) in [5, 5.41) is 1.23.